The minimum absolute atomic E-state index is 0.158. The molecule has 0 radical (unpaired) electrons. The number of imidazole rings is 1. The van der Waals surface area contributed by atoms with Gasteiger partial charge in [0.15, 0.2) is 0 Å². The van der Waals surface area contributed by atoms with Gasteiger partial charge < -0.3 is 9.47 Å². The number of halogens is 1. The summed E-state index contributed by atoms with van der Waals surface area (Å²) >= 11 is 0. The highest BCUT2D eigenvalue weighted by atomic mass is 19.1. The Morgan fingerprint density at radius 1 is 0.889 bits per heavy atom. The number of aryl methyl sites for hydroxylation is 1. The molecule has 0 aliphatic carbocycles. The van der Waals surface area contributed by atoms with Crippen LogP contribution in [0.2, 0.25) is 0 Å². The molecule has 1 aromatic heterocycles. The van der Waals surface area contributed by atoms with Crippen molar-refractivity contribution in [2.45, 2.75) is 85.9 Å². The molecular formula is C30H43FN4O. The van der Waals surface area contributed by atoms with Gasteiger partial charge in [-0.3, -0.25) is 9.69 Å². The van der Waals surface area contributed by atoms with E-state index < -0.39 is 5.82 Å². The fraction of sp³-hybridized carbons (Fsp3) is 0.533. The Hall–Kier alpha value is -2.73. The van der Waals surface area contributed by atoms with E-state index in [-0.39, 0.29) is 5.91 Å². The van der Waals surface area contributed by atoms with Gasteiger partial charge in [-0.25, -0.2) is 9.37 Å². The molecule has 1 heterocycles. The van der Waals surface area contributed by atoms with Crippen LogP contribution in [0.15, 0.2) is 42.5 Å². The summed E-state index contributed by atoms with van der Waals surface area (Å²) in [6.07, 6.45) is 6.64. The van der Waals surface area contributed by atoms with E-state index in [1.54, 1.807) is 17.0 Å². The standard InChI is InChI=1S/C30H43FN4O/c1-5-9-18-33(19-10-6-2)22-24-14-15-28-27(20-24)32-29(35(28)17-8-4)23-34(16-7-3)30(36)25-12-11-13-26(31)21-25/h11-15,20-21H,5-10,16-19,22-23H2,1-4H3. The SMILES string of the molecule is CCCCN(CCCC)Cc1ccc2c(c1)nc(CN(CCC)C(=O)c1cccc(F)c1)n2CCC. The van der Waals surface area contributed by atoms with Crippen molar-refractivity contribution in [1.29, 1.82) is 0 Å². The molecule has 5 nitrogen and oxygen atoms in total. The molecule has 6 heteroatoms. The second-order valence-electron chi connectivity index (χ2n) is 9.72. The third kappa shape index (κ3) is 7.39. The van der Waals surface area contributed by atoms with Crippen LogP contribution in [-0.2, 0) is 19.6 Å². The Bertz CT molecular complexity index is 1100. The maximum atomic E-state index is 13.8. The Morgan fingerprint density at radius 2 is 1.64 bits per heavy atom. The number of unbranched alkanes of at least 4 members (excludes halogenated alkanes) is 2. The van der Waals surface area contributed by atoms with E-state index >= 15 is 0 Å². The number of benzene rings is 2. The van der Waals surface area contributed by atoms with Crippen LogP contribution in [0.25, 0.3) is 11.0 Å². The first-order valence-electron chi connectivity index (χ1n) is 13.8. The lowest BCUT2D eigenvalue weighted by molar-refractivity contribution is 0.0736. The third-order valence-electron chi connectivity index (χ3n) is 6.59. The number of carbonyl (C=O) groups is 1. The van der Waals surface area contributed by atoms with Gasteiger partial charge in [-0.1, -0.05) is 52.7 Å². The second kappa shape index (κ2) is 14.1. The molecule has 0 aliphatic heterocycles. The predicted molar refractivity (Wildman–Crippen MR) is 147 cm³/mol. The van der Waals surface area contributed by atoms with Crippen LogP contribution < -0.4 is 0 Å². The first-order valence-corrected chi connectivity index (χ1v) is 13.8. The lowest BCUT2D eigenvalue weighted by atomic mass is 10.1. The van der Waals surface area contributed by atoms with Gasteiger partial charge in [0.05, 0.1) is 17.6 Å². The zero-order chi connectivity index (χ0) is 25.9. The molecule has 3 rings (SSSR count). The topological polar surface area (TPSA) is 41.4 Å². The van der Waals surface area contributed by atoms with Crippen LogP contribution >= 0.6 is 0 Å². The van der Waals surface area contributed by atoms with Crippen molar-refractivity contribution in [3.05, 3.63) is 65.2 Å². The summed E-state index contributed by atoms with van der Waals surface area (Å²) in [6, 6.07) is 12.6. The highest BCUT2D eigenvalue weighted by Crippen LogP contribution is 2.22. The highest BCUT2D eigenvalue weighted by Gasteiger charge is 2.20. The lowest BCUT2D eigenvalue weighted by Crippen LogP contribution is -2.32. The molecule has 1 amide bonds. The summed E-state index contributed by atoms with van der Waals surface area (Å²) in [5.74, 6) is 0.334. The number of hydrogen-bond donors (Lipinski definition) is 0. The van der Waals surface area contributed by atoms with Crippen LogP contribution in [0.5, 0.6) is 0 Å². The van der Waals surface area contributed by atoms with E-state index in [0.717, 1.165) is 55.9 Å². The summed E-state index contributed by atoms with van der Waals surface area (Å²) in [5, 5.41) is 0. The summed E-state index contributed by atoms with van der Waals surface area (Å²) in [4.78, 5) is 22.6. The fourth-order valence-corrected chi connectivity index (χ4v) is 4.71. The number of hydrogen-bond acceptors (Lipinski definition) is 3. The summed E-state index contributed by atoms with van der Waals surface area (Å²) in [7, 11) is 0. The van der Waals surface area contributed by atoms with Crippen molar-refractivity contribution >= 4 is 16.9 Å². The zero-order valence-corrected chi connectivity index (χ0v) is 22.6. The van der Waals surface area contributed by atoms with Crippen molar-refractivity contribution in [3.8, 4) is 0 Å². The normalized spacial score (nSPS) is 11.5. The quantitative estimate of drug-likeness (QED) is 0.227. The van der Waals surface area contributed by atoms with Gasteiger partial charge in [-0.15, -0.1) is 0 Å². The Morgan fingerprint density at radius 3 is 2.28 bits per heavy atom. The molecule has 0 saturated carbocycles. The molecule has 0 atom stereocenters. The predicted octanol–water partition coefficient (Wildman–Crippen LogP) is 7.04. The monoisotopic (exact) mass is 494 g/mol. The molecular weight excluding hydrogens is 451 g/mol. The van der Waals surface area contributed by atoms with Gasteiger partial charge >= 0.3 is 0 Å². The number of fused-ring (bicyclic) bond motifs is 1. The molecule has 0 N–H and O–H groups in total. The molecule has 0 fully saturated rings. The number of rotatable bonds is 15. The first-order chi connectivity index (χ1) is 17.5. The Labute approximate surface area is 216 Å². The highest BCUT2D eigenvalue weighted by molar-refractivity contribution is 5.94. The molecule has 196 valence electrons. The van der Waals surface area contributed by atoms with Crippen LogP contribution in [0, 0.1) is 5.82 Å². The summed E-state index contributed by atoms with van der Waals surface area (Å²) in [5.41, 5.74) is 3.75. The van der Waals surface area contributed by atoms with Crippen molar-refractivity contribution in [2.75, 3.05) is 19.6 Å². The summed E-state index contributed by atoms with van der Waals surface area (Å²) < 4.78 is 16.0. The smallest absolute Gasteiger partial charge is 0.254 e. The Balaban J connectivity index is 1.88. The maximum absolute atomic E-state index is 13.8. The fourth-order valence-electron chi connectivity index (χ4n) is 4.71. The number of amides is 1. The van der Waals surface area contributed by atoms with E-state index in [0.29, 0.717) is 18.7 Å². The first kappa shape index (κ1) is 27.9. The van der Waals surface area contributed by atoms with E-state index in [1.165, 1.54) is 43.4 Å². The molecule has 0 aliphatic rings. The molecule has 0 spiro atoms. The lowest BCUT2D eigenvalue weighted by Gasteiger charge is -2.22. The van der Waals surface area contributed by atoms with Crippen LogP contribution in [0.1, 0.15) is 88.0 Å². The van der Waals surface area contributed by atoms with Gasteiger partial charge in [-0.05, 0) is 74.7 Å². The van der Waals surface area contributed by atoms with Gasteiger partial charge in [0.25, 0.3) is 5.91 Å². The van der Waals surface area contributed by atoms with Gasteiger partial charge in [-0.2, -0.15) is 0 Å². The van der Waals surface area contributed by atoms with Crippen molar-refractivity contribution in [2.24, 2.45) is 0 Å². The van der Waals surface area contributed by atoms with E-state index in [4.69, 9.17) is 4.98 Å². The largest absolute Gasteiger partial charge is 0.331 e. The molecule has 0 bridgehead atoms. The van der Waals surface area contributed by atoms with Gasteiger partial charge in [0.2, 0.25) is 0 Å². The molecule has 36 heavy (non-hydrogen) atoms. The van der Waals surface area contributed by atoms with E-state index in [1.807, 2.05) is 0 Å². The average molecular weight is 495 g/mol. The zero-order valence-electron chi connectivity index (χ0n) is 22.6. The van der Waals surface area contributed by atoms with Crippen molar-refractivity contribution in [3.63, 3.8) is 0 Å². The van der Waals surface area contributed by atoms with Crippen LogP contribution in [0.4, 0.5) is 4.39 Å². The minimum Gasteiger partial charge on any atom is -0.331 e. The van der Waals surface area contributed by atoms with E-state index in [9.17, 15) is 9.18 Å². The molecule has 0 saturated heterocycles. The number of nitrogens with zero attached hydrogens (tertiary/aromatic N) is 4. The molecule has 0 unspecified atom stereocenters. The van der Waals surface area contributed by atoms with Crippen molar-refractivity contribution < 1.29 is 9.18 Å². The van der Waals surface area contributed by atoms with E-state index in [2.05, 4.69) is 55.4 Å². The number of aromatic nitrogens is 2. The summed E-state index contributed by atoms with van der Waals surface area (Å²) in [6.45, 7) is 13.7. The maximum Gasteiger partial charge on any atom is 0.254 e. The minimum atomic E-state index is -0.394. The third-order valence-corrected chi connectivity index (χ3v) is 6.59. The second-order valence-corrected chi connectivity index (χ2v) is 9.72. The van der Waals surface area contributed by atoms with Crippen LogP contribution in [-0.4, -0.2) is 44.9 Å². The number of carbonyl (C=O) groups excluding carboxylic acids is 1. The molecule has 2 aromatic carbocycles. The van der Waals surface area contributed by atoms with Crippen molar-refractivity contribution in [1.82, 2.24) is 19.4 Å². The Kier molecular flexibility index (Phi) is 10.9. The van der Waals surface area contributed by atoms with Crippen LogP contribution in [0.3, 0.4) is 0 Å². The van der Waals surface area contributed by atoms with Gasteiger partial charge in [0, 0.05) is 25.2 Å². The average Bonchev–Trinajstić information content (AvgIpc) is 3.21. The van der Waals surface area contributed by atoms with Gasteiger partial charge in [0.1, 0.15) is 11.6 Å². The molecule has 3 aromatic rings.